The van der Waals surface area contributed by atoms with Crippen molar-refractivity contribution in [1.82, 2.24) is 5.32 Å². The maximum atomic E-state index is 5.68. The highest BCUT2D eigenvalue weighted by molar-refractivity contribution is 5.77. The van der Waals surface area contributed by atoms with E-state index in [9.17, 15) is 0 Å². The van der Waals surface area contributed by atoms with E-state index < -0.39 is 0 Å². The Morgan fingerprint density at radius 2 is 1.79 bits per heavy atom. The van der Waals surface area contributed by atoms with Crippen molar-refractivity contribution in [1.29, 1.82) is 0 Å². The molecular weight excluding hydrogens is 174 g/mol. The molecule has 0 amide bonds. The molecule has 14 heavy (non-hydrogen) atoms. The van der Waals surface area contributed by atoms with E-state index >= 15 is 0 Å². The third-order valence-electron chi connectivity index (χ3n) is 4.12. The van der Waals surface area contributed by atoms with Crippen molar-refractivity contribution < 1.29 is 0 Å². The normalized spacial score (nSPS) is 24.8. The first-order chi connectivity index (χ1) is 6.34. The van der Waals surface area contributed by atoms with E-state index in [2.05, 4.69) is 38.0 Å². The molecule has 82 valence electrons. The largest absolute Gasteiger partial charge is 0.370 e. The van der Waals surface area contributed by atoms with Crippen molar-refractivity contribution >= 4 is 5.96 Å². The maximum Gasteiger partial charge on any atom is 0.188 e. The van der Waals surface area contributed by atoms with Crippen LogP contribution in [0.15, 0.2) is 4.99 Å². The predicted molar refractivity (Wildman–Crippen MR) is 61.2 cm³/mol. The molecule has 1 rings (SSSR count). The molecule has 1 aliphatic carbocycles. The minimum absolute atomic E-state index is 0.406. The lowest BCUT2D eigenvalue weighted by molar-refractivity contribution is 0.457. The van der Waals surface area contributed by atoms with Crippen molar-refractivity contribution in [3.63, 3.8) is 0 Å². The fourth-order valence-electron chi connectivity index (χ4n) is 2.22. The monoisotopic (exact) mass is 197 g/mol. The summed E-state index contributed by atoms with van der Waals surface area (Å²) in [4.78, 5) is 4.35. The Bertz CT molecular complexity index is 227. The van der Waals surface area contributed by atoms with Crippen LogP contribution in [-0.2, 0) is 0 Å². The first kappa shape index (κ1) is 11.3. The van der Waals surface area contributed by atoms with Crippen LogP contribution in [0.4, 0.5) is 0 Å². The predicted octanol–water partition coefficient (Wildman–Crippen LogP) is 1.59. The number of hydrogen-bond acceptors (Lipinski definition) is 1. The zero-order valence-corrected chi connectivity index (χ0v) is 10.0. The summed E-state index contributed by atoms with van der Waals surface area (Å²) in [5.74, 6) is 1.23. The maximum absolute atomic E-state index is 5.68. The van der Waals surface area contributed by atoms with Gasteiger partial charge in [-0.3, -0.25) is 4.99 Å². The van der Waals surface area contributed by atoms with Gasteiger partial charge in [-0.2, -0.15) is 0 Å². The lowest BCUT2D eigenvalue weighted by atomic mass is 10.0. The minimum atomic E-state index is 0.406. The molecule has 1 aliphatic rings. The van der Waals surface area contributed by atoms with Crippen LogP contribution in [-0.4, -0.2) is 19.0 Å². The number of nitrogens with zero attached hydrogens (tertiary/aromatic N) is 1. The number of guanidine groups is 1. The van der Waals surface area contributed by atoms with Crippen LogP contribution in [0.1, 0.15) is 34.6 Å². The smallest absolute Gasteiger partial charge is 0.188 e. The number of nitrogens with two attached hydrogens (primary N) is 1. The summed E-state index contributed by atoms with van der Waals surface area (Å²) < 4.78 is 0. The van der Waals surface area contributed by atoms with Gasteiger partial charge in [0.1, 0.15) is 0 Å². The van der Waals surface area contributed by atoms with E-state index in [0.717, 1.165) is 13.1 Å². The highest BCUT2D eigenvalue weighted by atomic mass is 15.1. The van der Waals surface area contributed by atoms with Gasteiger partial charge in [0.2, 0.25) is 0 Å². The standard InChI is InChI=1S/C11H23N3/c1-6-13-9(12)14-7-8-10(2,3)11(8,4)5/h8H,6-7H2,1-5H3,(H3,12,13,14). The van der Waals surface area contributed by atoms with Crippen LogP contribution in [0.25, 0.3) is 0 Å². The summed E-state index contributed by atoms with van der Waals surface area (Å²) in [5.41, 5.74) is 6.49. The minimum Gasteiger partial charge on any atom is -0.370 e. The summed E-state index contributed by atoms with van der Waals surface area (Å²) >= 11 is 0. The lowest BCUT2D eigenvalue weighted by Gasteiger charge is -2.04. The van der Waals surface area contributed by atoms with Crippen molar-refractivity contribution in [2.24, 2.45) is 27.5 Å². The zero-order valence-electron chi connectivity index (χ0n) is 10.0. The van der Waals surface area contributed by atoms with Gasteiger partial charge in [0.25, 0.3) is 0 Å². The first-order valence-electron chi connectivity index (χ1n) is 5.37. The van der Waals surface area contributed by atoms with Crippen molar-refractivity contribution in [2.75, 3.05) is 13.1 Å². The molecule has 0 bridgehead atoms. The van der Waals surface area contributed by atoms with Gasteiger partial charge in [-0.1, -0.05) is 27.7 Å². The number of nitrogens with one attached hydrogen (secondary N) is 1. The molecule has 0 radical (unpaired) electrons. The van der Waals surface area contributed by atoms with E-state index in [0.29, 0.717) is 22.7 Å². The molecule has 3 N–H and O–H groups in total. The highest BCUT2D eigenvalue weighted by Gasteiger charge is 2.64. The third kappa shape index (κ3) is 1.72. The molecule has 0 atom stereocenters. The summed E-state index contributed by atoms with van der Waals surface area (Å²) in [6, 6.07) is 0. The van der Waals surface area contributed by atoms with Gasteiger partial charge in [0.15, 0.2) is 5.96 Å². The molecule has 0 aliphatic heterocycles. The van der Waals surface area contributed by atoms with Crippen LogP contribution < -0.4 is 11.1 Å². The van der Waals surface area contributed by atoms with Gasteiger partial charge in [-0.05, 0) is 23.7 Å². The molecule has 0 unspecified atom stereocenters. The SMILES string of the molecule is CCNC(N)=NCC1C(C)(C)C1(C)C. The summed E-state index contributed by atoms with van der Waals surface area (Å²) in [6.07, 6.45) is 0. The Kier molecular flexibility index (Phi) is 2.79. The Balaban J connectivity index is 2.46. The molecule has 1 saturated carbocycles. The van der Waals surface area contributed by atoms with Gasteiger partial charge in [-0.15, -0.1) is 0 Å². The lowest BCUT2D eigenvalue weighted by Crippen LogP contribution is -2.31. The quantitative estimate of drug-likeness (QED) is 0.533. The molecule has 0 aromatic heterocycles. The second kappa shape index (κ2) is 3.44. The molecule has 0 saturated heterocycles. The number of aliphatic imine (C=N–C) groups is 1. The van der Waals surface area contributed by atoms with Crippen LogP contribution >= 0.6 is 0 Å². The summed E-state index contributed by atoms with van der Waals surface area (Å²) in [6.45, 7) is 12.9. The summed E-state index contributed by atoms with van der Waals surface area (Å²) in [7, 11) is 0. The zero-order chi connectivity index (χ0) is 11.0. The highest BCUT2D eigenvalue weighted by Crippen LogP contribution is 2.68. The fourth-order valence-corrected chi connectivity index (χ4v) is 2.22. The second-order valence-corrected chi connectivity index (χ2v) is 5.25. The number of hydrogen-bond donors (Lipinski definition) is 2. The van der Waals surface area contributed by atoms with E-state index in [4.69, 9.17) is 5.73 Å². The van der Waals surface area contributed by atoms with Gasteiger partial charge in [0, 0.05) is 13.1 Å². The first-order valence-corrected chi connectivity index (χ1v) is 5.37. The van der Waals surface area contributed by atoms with Crippen LogP contribution in [0, 0.1) is 16.7 Å². The molecule has 0 aromatic carbocycles. The molecule has 0 spiro atoms. The molecule has 1 fully saturated rings. The van der Waals surface area contributed by atoms with E-state index in [1.54, 1.807) is 0 Å². The third-order valence-corrected chi connectivity index (χ3v) is 4.12. The van der Waals surface area contributed by atoms with Gasteiger partial charge >= 0.3 is 0 Å². The average molecular weight is 197 g/mol. The van der Waals surface area contributed by atoms with E-state index in [1.807, 2.05) is 6.92 Å². The van der Waals surface area contributed by atoms with E-state index in [-0.39, 0.29) is 0 Å². The van der Waals surface area contributed by atoms with Crippen molar-refractivity contribution in [2.45, 2.75) is 34.6 Å². The van der Waals surface area contributed by atoms with E-state index in [1.165, 1.54) is 0 Å². The molecular formula is C11H23N3. The van der Waals surface area contributed by atoms with Gasteiger partial charge < -0.3 is 11.1 Å². The van der Waals surface area contributed by atoms with Gasteiger partial charge in [-0.25, -0.2) is 0 Å². The molecule has 0 heterocycles. The van der Waals surface area contributed by atoms with Crippen molar-refractivity contribution in [3.8, 4) is 0 Å². The molecule has 3 nitrogen and oxygen atoms in total. The molecule has 3 heteroatoms. The Hall–Kier alpha value is -0.730. The Morgan fingerprint density at radius 1 is 1.29 bits per heavy atom. The second-order valence-electron chi connectivity index (χ2n) is 5.25. The van der Waals surface area contributed by atoms with Crippen LogP contribution in [0.5, 0.6) is 0 Å². The topological polar surface area (TPSA) is 50.4 Å². The average Bonchev–Trinajstić information content (AvgIpc) is 2.41. The fraction of sp³-hybridized carbons (Fsp3) is 0.909. The van der Waals surface area contributed by atoms with Crippen LogP contribution in [0.2, 0.25) is 0 Å². The Morgan fingerprint density at radius 3 is 2.14 bits per heavy atom. The molecule has 0 aromatic rings. The van der Waals surface area contributed by atoms with Crippen molar-refractivity contribution in [3.05, 3.63) is 0 Å². The Labute approximate surface area is 87.2 Å². The summed E-state index contributed by atoms with van der Waals surface area (Å²) in [5, 5.41) is 3.01. The van der Waals surface area contributed by atoms with Gasteiger partial charge in [0.05, 0.1) is 0 Å². The number of rotatable bonds is 3. The van der Waals surface area contributed by atoms with Crippen LogP contribution in [0.3, 0.4) is 0 Å².